The molecule has 25 heavy (non-hydrogen) atoms. The summed E-state index contributed by atoms with van der Waals surface area (Å²) in [5.41, 5.74) is 1.29. The van der Waals surface area contributed by atoms with E-state index in [1.165, 1.54) is 10.6 Å². The van der Waals surface area contributed by atoms with Gasteiger partial charge in [-0.2, -0.15) is 0 Å². The Hall–Kier alpha value is -2.87. The maximum Gasteiger partial charge on any atom is 0.257 e. The number of aromatic nitrogens is 2. The molecule has 1 atom stereocenters. The number of anilines is 1. The lowest BCUT2D eigenvalue weighted by Crippen LogP contribution is -2.47. The molecule has 1 saturated heterocycles. The summed E-state index contributed by atoms with van der Waals surface area (Å²) in [6.45, 7) is 4.52. The third-order valence-corrected chi connectivity index (χ3v) is 4.29. The van der Waals surface area contributed by atoms with Crippen LogP contribution < -0.4 is 10.9 Å². The van der Waals surface area contributed by atoms with Crippen LogP contribution in [-0.2, 0) is 4.74 Å². The Bertz CT molecular complexity index is 869. The first-order valence-corrected chi connectivity index (χ1v) is 8.18. The minimum atomic E-state index is -0.532. The summed E-state index contributed by atoms with van der Waals surface area (Å²) in [6, 6.07) is 8.21. The van der Waals surface area contributed by atoms with E-state index < -0.39 is 6.17 Å². The first kappa shape index (κ1) is 15.6. The molecule has 2 aliphatic rings. The van der Waals surface area contributed by atoms with Crippen LogP contribution >= 0.6 is 0 Å². The Morgan fingerprint density at radius 3 is 2.68 bits per heavy atom. The number of ether oxygens (including phenoxy) is 1. The molecule has 8 heteroatoms. The third-order valence-electron chi connectivity index (χ3n) is 4.29. The minimum absolute atomic E-state index is 0.169. The predicted molar refractivity (Wildman–Crippen MR) is 92.9 cm³/mol. The van der Waals surface area contributed by atoms with Gasteiger partial charge in [0, 0.05) is 24.8 Å². The lowest BCUT2D eigenvalue weighted by Gasteiger charge is -2.34. The molecule has 8 nitrogen and oxygen atoms in total. The number of phenolic OH excluding ortho intramolecular Hbond substituents is 1. The second-order valence-corrected chi connectivity index (χ2v) is 6.07. The zero-order valence-electron chi connectivity index (χ0n) is 13.8. The number of aryl methyl sites for hydroxylation is 1. The van der Waals surface area contributed by atoms with Gasteiger partial charge in [-0.15, -0.1) is 0 Å². The van der Waals surface area contributed by atoms with E-state index >= 15 is 0 Å². The van der Waals surface area contributed by atoms with E-state index in [1.807, 2.05) is 0 Å². The highest BCUT2D eigenvalue weighted by molar-refractivity contribution is 5.93. The Labute approximate surface area is 144 Å². The average molecular weight is 341 g/mol. The fourth-order valence-electron chi connectivity index (χ4n) is 3.04. The van der Waals surface area contributed by atoms with Crippen LogP contribution in [0.3, 0.4) is 0 Å². The molecular formula is C17H19N5O3. The Balaban J connectivity index is 1.82. The van der Waals surface area contributed by atoms with E-state index in [0.717, 1.165) is 18.7 Å². The summed E-state index contributed by atoms with van der Waals surface area (Å²) >= 11 is 0. The first-order valence-electron chi connectivity index (χ1n) is 8.18. The SMILES string of the molecule is Cc1cc(=O)n2c(n1)NC(N1CCOCC1)=N[C@@H]2c1ccc(O)cc1. The van der Waals surface area contributed by atoms with E-state index in [2.05, 4.69) is 15.2 Å². The summed E-state index contributed by atoms with van der Waals surface area (Å²) < 4.78 is 6.93. The molecule has 0 bridgehead atoms. The van der Waals surface area contributed by atoms with Crippen LogP contribution in [0.5, 0.6) is 5.75 Å². The Kier molecular flexibility index (Phi) is 3.89. The van der Waals surface area contributed by atoms with Gasteiger partial charge in [-0.05, 0) is 24.6 Å². The number of hydrogen-bond donors (Lipinski definition) is 2. The maximum absolute atomic E-state index is 12.5. The Morgan fingerprint density at radius 1 is 1.24 bits per heavy atom. The first-order chi connectivity index (χ1) is 12.1. The quantitative estimate of drug-likeness (QED) is 0.801. The Morgan fingerprint density at radius 2 is 1.96 bits per heavy atom. The van der Waals surface area contributed by atoms with Gasteiger partial charge in [0.1, 0.15) is 5.75 Å². The number of nitrogens with one attached hydrogen (secondary N) is 1. The second-order valence-electron chi connectivity index (χ2n) is 6.07. The molecule has 4 rings (SSSR count). The smallest absolute Gasteiger partial charge is 0.257 e. The second kappa shape index (κ2) is 6.21. The molecule has 130 valence electrons. The van der Waals surface area contributed by atoms with Crippen LogP contribution in [0.2, 0.25) is 0 Å². The normalized spacial score (nSPS) is 19.8. The molecule has 0 unspecified atom stereocenters. The van der Waals surface area contributed by atoms with Crippen molar-refractivity contribution in [3.8, 4) is 5.75 Å². The monoisotopic (exact) mass is 341 g/mol. The van der Waals surface area contributed by atoms with Gasteiger partial charge in [-0.3, -0.25) is 14.7 Å². The van der Waals surface area contributed by atoms with Crippen LogP contribution in [-0.4, -0.2) is 51.8 Å². The largest absolute Gasteiger partial charge is 0.508 e. The predicted octanol–water partition coefficient (Wildman–Crippen LogP) is 0.918. The van der Waals surface area contributed by atoms with E-state index in [1.54, 1.807) is 31.2 Å². The van der Waals surface area contributed by atoms with Gasteiger partial charge in [-0.25, -0.2) is 9.98 Å². The molecule has 2 aromatic rings. The highest BCUT2D eigenvalue weighted by atomic mass is 16.5. The zero-order chi connectivity index (χ0) is 17.4. The van der Waals surface area contributed by atoms with Gasteiger partial charge in [0.2, 0.25) is 11.9 Å². The molecule has 0 radical (unpaired) electrons. The van der Waals surface area contributed by atoms with Gasteiger partial charge in [0.05, 0.1) is 13.2 Å². The number of aliphatic imine (C=N–C) groups is 1. The van der Waals surface area contributed by atoms with E-state index in [9.17, 15) is 9.90 Å². The summed E-state index contributed by atoms with van der Waals surface area (Å²) in [5.74, 6) is 1.32. The fraction of sp³-hybridized carbons (Fsp3) is 0.353. The number of benzene rings is 1. The molecule has 2 N–H and O–H groups in total. The summed E-state index contributed by atoms with van der Waals surface area (Å²) in [7, 11) is 0. The van der Waals surface area contributed by atoms with E-state index in [0.29, 0.717) is 30.8 Å². The molecule has 0 aliphatic carbocycles. The van der Waals surface area contributed by atoms with Crippen molar-refractivity contribution in [2.75, 3.05) is 31.6 Å². The third kappa shape index (κ3) is 2.96. The van der Waals surface area contributed by atoms with Crippen molar-refractivity contribution in [3.63, 3.8) is 0 Å². The van der Waals surface area contributed by atoms with Crippen LogP contribution in [0.4, 0.5) is 5.95 Å². The summed E-state index contributed by atoms with van der Waals surface area (Å²) in [4.78, 5) is 23.9. The van der Waals surface area contributed by atoms with Gasteiger partial charge >= 0.3 is 0 Å². The van der Waals surface area contributed by atoms with Gasteiger partial charge < -0.3 is 14.7 Å². The zero-order valence-corrected chi connectivity index (χ0v) is 13.8. The van der Waals surface area contributed by atoms with Crippen molar-refractivity contribution in [2.24, 2.45) is 4.99 Å². The number of aromatic hydroxyl groups is 1. The molecule has 2 aliphatic heterocycles. The lowest BCUT2D eigenvalue weighted by molar-refractivity contribution is 0.0675. The van der Waals surface area contributed by atoms with Gasteiger partial charge in [0.15, 0.2) is 6.17 Å². The minimum Gasteiger partial charge on any atom is -0.508 e. The molecule has 3 heterocycles. The van der Waals surface area contributed by atoms with Crippen LogP contribution in [0.25, 0.3) is 0 Å². The number of hydrogen-bond acceptors (Lipinski definition) is 7. The number of phenols is 1. The summed E-state index contributed by atoms with van der Waals surface area (Å²) in [5, 5.41) is 12.7. The molecule has 1 aromatic heterocycles. The van der Waals surface area contributed by atoms with Crippen molar-refractivity contribution < 1.29 is 9.84 Å². The highest BCUT2D eigenvalue weighted by Gasteiger charge is 2.28. The molecule has 0 spiro atoms. The molecule has 0 amide bonds. The van der Waals surface area contributed by atoms with Crippen molar-refractivity contribution in [1.29, 1.82) is 0 Å². The highest BCUT2D eigenvalue weighted by Crippen LogP contribution is 2.27. The number of rotatable bonds is 1. The van der Waals surface area contributed by atoms with E-state index in [4.69, 9.17) is 9.73 Å². The van der Waals surface area contributed by atoms with Crippen LogP contribution in [0.15, 0.2) is 40.1 Å². The van der Waals surface area contributed by atoms with Crippen molar-refractivity contribution in [1.82, 2.24) is 14.5 Å². The number of fused-ring (bicyclic) bond motifs is 1. The number of morpholine rings is 1. The molecule has 1 fully saturated rings. The standard InChI is InChI=1S/C17H19N5O3/c1-11-10-14(24)22-15(12-2-4-13(23)5-3-12)19-16(20-17(22)18-11)21-6-8-25-9-7-21/h2-5,10,15,23H,6-9H2,1H3,(H,18,19,20)/t15-/m0/s1. The van der Waals surface area contributed by atoms with Crippen molar-refractivity contribution in [3.05, 3.63) is 51.9 Å². The topological polar surface area (TPSA) is 92.0 Å². The van der Waals surface area contributed by atoms with Crippen LogP contribution in [0, 0.1) is 6.92 Å². The maximum atomic E-state index is 12.5. The molecular weight excluding hydrogens is 322 g/mol. The van der Waals surface area contributed by atoms with Gasteiger partial charge in [-0.1, -0.05) is 12.1 Å². The van der Waals surface area contributed by atoms with Gasteiger partial charge in [0.25, 0.3) is 5.56 Å². The van der Waals surface area contributed by atoms with Crippen molar-refractivity contribution in [2.45, 2.75) is 13.1 Å². The fourth-order valence-corrected chi connectivity index (χ4v) is 3.04. The van der Waals surface area contributed by atoms with E-state index in [-0.39, 0.29) is 11.3 Å². The number of nitrogens with zero attached hydrogens (tertiary/aromatic N) is 4. The van der Waals surface area contributed by atoms with Crippen LogP contribution in [0.1, 0.15) is 17.4 Å². The average Bonchev–Trinajstić information content (AvgIpc) is 2.62. The summed E-state index contributed by atoms with van der Waals surface area (Å²) in [6.07, 6.45) is -0.532. The number of guanidine groups is 1. The molecule has 0 saturated carbocycles. The molecule has 1 aromatic carbocycles. The van der Waals surface area contributed by atoms with Crippen molar-refractivity contribution >= 4 is 11.9 Å². The lowest BCUT2D eigenvalue weighted by atomic mass is 10.1.